The van der Waals surface area contributed by atoms with Crippen molar-refractivity contribution >= 4 is 35.1 Å². The van der Waals surface area contributed by atoms with E-state index in [1.54, 1.807) is 66.8 Å². The van der Waals surface area contributed by atoms with E-state index in [2.05, 4.69) is 19.7 Å². The Kier molecular flexibility index (Phi) is 20.0. The molecule has 0 spiro atoms. The van der Waals surface area contributed by atoms with E-state index in [0.29, 0.717) is 10.0 Å². The first kappa shape index (κ1) is 30.4. The largest absolute Gasteiger partial charge is 0.458 e. The van der Waals surface area contributed by atoms with Gasteiger partial charge in [-0.15, -0.1) is 19.7 Å². The van der Waals surface area contributed by atoms with Crippen LogP contribution in [0, 0.1) is 0 Å². The molecule has 6 heteroatoms. The summed E-state index contributed by atoms with van der Waals surface area (Å²) in [6, 6.07) is 13.1. The number of allylic oxidation sites excluding steroid dienone is 3. The number of benzene rings is 2. The van der Waals surface area contributed by atoms with Crippen LogP contribution in [0.3, 0.4) is 0 Å². The highest BCUT2D eigenvalue weighted by Crippen LogP contribution is 2.17. The van der Waals surface area contributed by atoms with Gasteiger partial charge in [-0.05, 0) is 45.0 Å². The summed E-state index contributed by atoms with van der Waals surface area (Å²) in [4.78, 5) is 23.5. The number of rotatable bonds is 5. The van der Waals surface area contributed by atoms with Crippen LogP contribution in [-0.2, 0) is 9.47 Å². The third kappa shape index (κ3) is 14.8. The average molecular weight is 465 g/mol. The van der Waals surface area contributed by atoms with E-state index >= 15 is 0 Å². The fourth-order valence-corrected chi connectivity index (χ4v) is 2.10. The lowest BCUT2D eigenvalue weighted by Crippen LogP contribution is -2.14. The summed E-state index contributed by atoms with van der Waals surface area (Å²) in [5, 5.41) is 0.612. The van der Waals surface area contributed by atoms with Crippen LogP contribution in [0.2, 0.25) is 10.0 Å². The molecule has 0 N–H and O–H groups in total. The van der Waals surface area contributed by atoms with E-state index < -0.39 is 11.9 Å². The van der Waals surface area contributed by atoms with Crippen molar-refractivity contribution in [3.63, 3.8) is 0 Å². The molecular formula is C25H30Cl2O4. The molecule has 0 aliphatic rings. The third-order valence-electron chi connectivity index (χ3n) is 2.74. The molecule has 0 radical (unpaired) electrons. The SMILES string of the molecule is C=CC.C=CC.C=CC.O=C(OCCOC(=O)c1ccccc1Cl)c1ccccc1Cl. The van der Waals surface area contributed by atoms with Crippen LogP contribution in [0.1, 0.15) is 41.5 Å². The standard InChI is InChI=1S/C16H12Cl2O4.3C3H6/c17-13-7-3-1-5-11(13)15(19)21-9-10-22-16(20)12-6-2-4-8-14(12)18;3*1-3-2/h1-8H,9-10H2;3*3H,1H2,2H3. The molecular weight excluding hydrogens is 435 g/mol. The van der Waals surface area contributed by atoms with Crippen molar-refractivity contribution in [1.82, 2.24) is 0 Å². The highest BCUT2D eigenvalue weighted by molar-refractivity contribution is 6.34. The van der Waals surface area contributed by atoms with E-state index in [9.17, 15) is 9.59 Å². The Bertz CT molecular complexity index is 743. The maximum atomic E-state index is 11.8. The molecule has 0 atom stereocenters. The van der Waals surface area contributed by atoms with Crippen LogP contribution in [0.4, 0.5) is 0 Å². The summed E-state index contributed by atoms with van der Waals surface area (Å²) in [6.07, 6.45) is 5.25. The lowest BCUT2D eigenvalue weighted by atomic mass is 10.2. The molecule has 2 rings (SSSR count). The summed E-state index contributed by atoms with van der Waals surface area (Å²) in [5.41, 5.74) is 0.531. The van der Waals surface area contributed by atoms with Gasteiger partial charge in [0, 0.05) is 0 Å². The van der Waals surface area contributed by atoms with E-state index in [1.165, 1.54) is 0 Å². The fourth-order valence-electron chi connectivity index (χ4n) is 1.68. The summed E-state index contributed by atoms with van der Waals surface area (Å²) >= 11 is 11.8. The van der Waals surface area contributed by atoms with Crippen molar-refractivity contribution in [3.05, 3.63) is 108 Å². The molecule has 0 heterocycles. The third-order valence-corrected chi connectivity index (χ3v) is 3.40. The number of carbonyl (C=O) groups is 2. The molecule has 0 fully saturated rings. The Balaban J connectivity index is 0. The van der Waals surface area contributed by atoms with Crippen LogP contribution in [0.25, 0.3) is 0 Å². The van der Waals surface area contributed by atoms with Gasteiger partial charge >= 0.3 is 11.9 Å². The number of esters is 2. The summed E-state index contributed by atoms with van der Waals surface area (Å²) in [6.45, 7) is 15.6. The van der Waals surface area contributed by atoms with Crippen molar-refractivity contribution in [1.29, 1.82) is 0 Å². The highest BCUT2D eigenvalue weighted by atomic mass is 35.5. The monoisotopic (exact) mass is 464 g/mol. The Hall–Kier alpha value is -2.82. The van der Waals surface area contributed by atoms with E-state index in [0.717, 1.165) is 0 Å². The van der Waals surface area contributed by atoms with Crippen molar-refractivity contribution in [2.24, 2.45) is 0 Å². The van der Waals surface area contributed by atoms with E-state index in [1.807, 2.05) is 20.8 Å². The smallest absolute Gasteiger partial charge is 0.339 e. The first-order chi connectivity index (χ1) is 14.8. The molecule has 0 unspecified atom stereocenters. The predicted octanol–water partition coefficient (Wildman–Crippen LogP) is 7.58. The molecule has 0 saturated carbocycles. The highest BCUT2D eigenvalue weighted by Gasteiger charge is 2.13. The maximum Gasteiger partial charge on any atom is 0.339 e. The van der Waals surface area contributed by atoms with Crippen molar-refractivity contribution in [2.75, 3.05) is 13.2 Å². The number of hydrogen-bond acceptors (Lipinski definition) is 4. The second kappa shape index (κ2) is 20.5. The lowest BCUT2D eigenvalue weighted by Gasteiger charge is -2.08. The maximum absolute atomic E-state index is 11.8. The van der Waals surface area contributed by atoms with Crippen molar-refractivity contribution in [2.45, 2.75) is 20.8 Å². The lowest BCUT2D eigenvalue weighted by molar-refractivity contribution is 0.0266. The van der Waals surface area contributed by atoms with E-state index in [4.69, 9.17) is 32.7 Å². The van der Waals surface area contributed by atoms with Gasteiger partial charge in [0.25, 0.3) is 0 Å². The Morgan fingerprint density at radius 2 is 0.968 bits per heavy atom. The van der Waals surface area contributed by atoms with Crippen LogP contribution in [0.5, 0.6) is 0 Å². The Morgan fingerprint density at radius 1 is 0.710 bits per heavy atom. The topological polar surface area (TPSA) is 52.6 Å². The molecule has 0 saturated heterocycles. The number of carbonyl (C=O) groups excluding carboxylic acids is 2. The fraction of sp³-hybridized carbons (Fsp3) is 0.200. The molecule has 2 aromatic carbocycles. The second-order valence-corrected chi connectivity index (χ2v) is 6.27. The van der Waals surface area contributed by atoms with Gasteiger partial charge in [0.15, 0.2) is 0 Å². The summed E-state index contributed by atoms with van der Waals surface area (Å²) in [5.74, 6) is -1.14. The zero-order chi connectivity index (χ0) is 24.1. The molecule has 0 amide bonds. The van der Waals surface area contributed by atoms with Crippen molar-refractivity contribution in [3.8, 4) is 0 Å². The average Bonchev–Trinajstić information content (AvgIpc) is 2.73. The van der Waals surface area contributed by atoms with Crippen LogP contribution >= 0.6 is 23.2 Å². The molecule has 4 nitrogen and oxygen atoms in total. The van der Waals surface area contributed by atoms with Gasteiger partial charge in [0.1, 0.15) is 13.2 Å². The van der Waals surface area contributed by atoms with E-state index in [-0.39, 0.29) is 24.3 Å². The number of ether oxygens (including phenoxy) is 2. The van der Waals surface area contributed by atoms with Crippen LogP contribution in [0.15, 0.2) is 86.5 Å². The first-order valence-corrected chi connectivity index (χ1v) is 10.1. The molecule has 0 aliphatic heterocycles. The van der Waals surface area contributed by atoms with Gasteiger partial charge in [-0.1, -0.05) is 65.7 Å². The van der Waals surface area contributed by atoms with Gasteiger partial charge in [-0.3, -0.25) is 0 Å². The summed E-state index contributed by atoms with van der Waals surface area (Å²) < 4.78 is 9.98. The Morgan fingerprint density at radius 3 is 1.23 bits per heavy atom. The normalized spacial score (nSPS) is 8.42. The van der Waals surface area contributed by atoms with Gasteiger partial charge in [0.05, 0.1) is 21.2 Å². The molecule has 0 aliphatic carbocycles. The van der Waals surface area contributed by atoms with Gasteiger partial charge in [0.2, 0.25) is 0 Å². The van der Waals surface area contributed by atoms with Gasteiger partial charge < -0.3 is 9.47 Å². The number of halogens is 2. The second-order valence-electron chi connectivity index (χ2n) is 5.46. The van der Waals surface area contributed by atoms with Gasteiger partial charge in [-0.25, -0.2) is 9.59 Å². The molecule has 31 heavy (non-hydrogen) atoms. The number of hydrogen-bond donors (Lipinski definition) is 0. The molecule has 2 aromatic rings. The predicted molar refractivity (Wildman–Crippen MR) is 131 cm³/mol. The minimum atomic E-state index is -0.570. The molecule has 0 aromatic heterocycles. The molecule has 0 bridgehead atoms. The zero-order valence-corrected chi connectivity index (χ0v) is 19.8. The van der Waals surface area contributed by atoms with Crippen LogP contribution in [-0.4, -0.2) is 25.2 Å². The molecule has 168 valence electrons. The minimum Gasteiger partial charge on any atom is -0.458 e. The van der Waals surface area contributed by atoms with Gasteiger partial charge in [-0.2, -0.15) is 0 Å². The first-order valence-electron chi connectivity index (χ1n) is 9.38. The van der Waals surface area contributed by atoms with Crippen LogP contribution < -0.4 is 0 Å². The minimum absolute atomic E-state index is 0.0692. The summed E-state index contributed by atoms with van der Waals surface area (Å²) in [7, 11) is 0. The zero-order valence-electron chi connectivity index (χ0n) is 18.3. The quantitative estimate of drug-likeness (QED) is 0.259. The van der Waals surface area contributed by atoms with Crippen molar-refractivity contribution < 1.29 is 19.1 Å². The Labute approximate surface area is 195 Å².